The van der Waals surface area contributed by atoms with E-state index in [0.29, 0.717) is 19.4 Å². The Morgan fingerprint density at radius 2 is 1.68 bits per heavy atom. The molecule has 6 heteroatoms. The van der Waals surface area contributed by atoms with E-state index in [9.17, 15) is 9.90 Å². The Bertz CT molecular complexity index is 878. The van der Waals surface area contributed by atoms with Crippen LogP contribution in [0.2, 0.25) is 18.1 Å². The van der Waals surface area contributed by atoms with Gasteiger partial charge in [-0.25, -0.2) is 0 Å². The van der Waals surface area contributed by atoms with Crippen LogP contribution in [0, 0.1) is 5.92 Å². The lowest BCUT2D eigenvalue weighted by Crippen LogP contribution is -2.43. The first-order valence-electron chi connectivity index (χ1n) is 16.4. The number of rotatable bonds is 19. The molecular weight excluding hydrogens is 528 g/mol. The number of unbranched alkanes of at least 4 members (excludes halogenated alkanes) is 7. The van der Waals surface area contributed by atoms with Crippen LogP contribution in [-0.4, -0.2) is 44.3 Å². The molecule has 3 unspecified atom stereocenters. The maximum Gasteiger partial charge on any atom is 0.308 e. The predicted molar refractivity (Wildman–Crippen MR) is 173 cm³/mol. The predicted octanol–water partition coefficient (Wildman–Crippen LogP) is 9.40. The van der Waals surface area contributed by atoms with Crippen LogP contribution in [0.1, 0.15) is 118 Å². The van der Waals surface area contributed by atoms with Gasteiger partial charge in [0, 0.05) is 0 Å². The molecule has 0 aliphatic heterocycles. The highest BCUT2D eigenvalue weighted by atomic mass is 28.4. The third kappa shape index (κ3) is 14.4. The fourth-order valence-electron chi connectivity index (χ4n) is 5.44. The van der Waals surface area contributed by atoms with Crippen LogP contribution in [-0.2, 0) is 14.0 Å². The molecule has 1 N–H and O–H groups in total. The van der Waals surface area contributed by atoms with Crippen molar-refractivity contribution in [3.8, 4) is 5.75 Å². The molecule has 2 rings (SSSR count). The molecular formula is C35H60O5Si. The molecule has 41 heavy (non-hydrogen) atoms. The fourth-order valence-corrected chi connectivity index (χ4v) is 6.74. The van der Waals surface area contributed by atoms with Crippen molar-refractivity contribution in [2.45, 2.75) is 147 Å². The monoisotopic (exact) mass is 588 g/mol. The molecule has 1 aliphatic rings. The summed E-state index contributed by atoms with van der Waals surface area (Å²) in [6.07, 6.45) is 19.0. The maximum absolute atomic E-state index is 12.0. The molecule has 1 saturated carbocycles. The molecule has 234 valence electrons. The van der Waals surface area contributed by atoms with Gasteiger partial charge in [-0.05, 0) is 81.6 Å². The van der Waals surface area contributed by atoms with Crippen molar-refractivity contribution >= 4 is 14.3 Å². The minimum Gasteiger partial charge on any atom is -0.494 e. The number of para-hydroxylation sites is 1. The Morgan fingerprint density at radius 1 is 1.05 bits per heavy atom. The number of aliphatic hydroxyl groups is 1. The minimum atomic E-state index is -1.91. The SMILES string of the molecule is CCOC(=O)CC1(O)CCCC(/C=C/C(CCCCCCCCCCOc2ccccc2)O[Si](C)(C)C(C)(C)C)C1. The summed E-state index contributed by atoms with van der Waals surface area (Å²) in [4.78, 5) is 12.0. The van der Waals surface area contributed by atoms with Gasteiger partial charge < -0.3 is 19.0 Å². The van der Waals surface area contributed by atoms with Crippen LogP contribution in [0.3, 0.4) is 0 Å². The van der Waals surface area contributed by atoms with E-state index >= 15 is 0 Å². The average molecular weight is 589 g/mol. The summed E-state index contributed by atoms with van der Waals surface area (Å²) in [6, 6.07) is 10.1. The normalized spacial score (nSPS) is 20.7. The summed E-state index contributed by atoms with van der Waals surface area (Å²) in [7, 11) is -1.91. The van der Waals surface area contributed by atoms with Crippen molar-refractivity contribution in [1.29, 1.82) is 0 Å². The van der Waals surface area contributed by atoms with E-state index in [1.807, 2.05) is 37.3 Å². The summed E-state index contributed by atoms with van der Waals surface area (Å²) >= 11 is 0. The number of hydrogen-bond acceptors (Lipinski definition) is 5. The molecule has 3 atom stereocenters. The van der Waals surface area contributed by atoms with E-state index in [0.717, 1.165) is 38.0 Å². The number of esters is 1. The lowest BCUT2D eigenvalue weighted by Gasteiger charge is -2.39. The smallest absolute Gasteiger partial charge is 0.308 e. The van der Waals surface area contributed by atoms with Gasteiger partial charge in [0.1, 0.15) is 5.75 Å². The summed E-state index contributed by atoms with van der Waals surface area (Å²) in [6.45, 7) is 14.5. The number of ether oxygens (including phenoxy) is 2. The van der Waals surface area contributed by atoms with E-state index in [1.54, 1.807) is 0 Å². The summed E-state index contributed by atoms with van der Waals surface area (Å²) in [5.74, 6) is 0.940. The third-order valence-corrected chi connectivity index (χ3v) is 13.4. The molecule has 0 amide bonds. The molecule has 1 fully saturated rings. The van der Waals surface area contributed by atoms with Gasteiger partial charge in [-0.15, -0.1) is 0 Å². The highest BCUT2D eigenvalue weighted by Gasteiger charge is 2.39. The van der Waals surface area contributed by atoms with Gasteiger partial charge in [-0.1, -0.05) is 96.1 Å². The molecule has 0 spiro atoms. The maximum atomic E-state index is 12.0. The Hall–Kier alpha value is -1.63. The van der Waals surface area contributed by atoms with E-state index in [-0.39, 0.29) is 29.5 Å². The van der Waals surface area contributed by atoms with E-state index < -0.39 is 13.9 Å². The summed E-state index contributed by atoms with van der Waals surface area (Å²) < 4.78 is 17.8. The Labute approximate surface area is 252 Å². The van der Waals surface area contributed by atoms with Crippen molar-refractivity contribution in [1.82, 2.24) is 0 Å². The van der Waals surface area contributed by atoms with Crippen molar-refractivity contribution in [2.75, 3.05) is 13.2 Å². The quantitative estimate of drug-likeness (QED) is 0.0755. The highest BCUT2D eigenvalue weighted by Crippen LogP contribution is 2.39. The Balaban J connectivity index is 1.74. The minimum absolute atomic E-state index is 0.0938. The Morgan fingerprint density at radius 3 is 2.32 bits per heavy atom. The van der Waals surface area contributed by atoms with Crippen molar-refractivity contribution in [2.24, 2.45) is 5.92 Å². The van der Waals surface area contributed by atoms with Gasteiger partial charge in [0.25, 0.3) is 0 Å². The molecule has 0 bridgehead atoms. The molecule has 0 radical (unpaired) electrons. The van der Waals surface area contributed by atoms with Crippen molar-refractivity contribution in [3.63, 3.8) is 0 Å². The zero-order valence-corrected chi connectivity index (χ0v) is 28.1. The number of benzene rings is 1. The number of carbonyl (C=O) groups excluding carboxylic acids is 1. The van der Waals surface area contributed by atoms with Crippen LogP contribution in [0.25, 0.3) is 0 Å². The van der Waals surface area contributed by atoms with Crippen LogP contribution in [0.15, 0.2) is 42.5 Å². The molecule has 0 saturated heterocycles. The van der Waals surface area contributed by atoms with Gasteiger partial charge in [0.2, 0.25) is 0 Å². The second-order valence-corrected chi connectivity index (χ2v) is 18.4. The third-order valence-electron chi connectivity index (χ3n) is 8.88. The van der Waals surface area contributed by atoms with Gasteiger partial charge >= 0.3 is 5.97 Å². The van der Waals surface area contributed by atoms with E-state index in [4.69, 9.17) is 13.9 Å². The number of allylic oxidation sites excluding steroid dienone is 1. The molecule has 0 aromatic heterocycles. The van der Waals surface area contributed by atoms with E-state index in [2.05, 4.69) is 46.0 Å². The van der Waals surface area contributed by atoms with Gasteiger partial charge in [0.05, 0.1) is 31.3 Å². The van der Waals surface area contributed by atoms with Crippen LogP contribution >= 0.6 is 0 Å². The molecule has 5 nitrogen and oxygen atoms in total. The Kier molecular flexibility index (Phi) is 15.7. The first kappa shape index (κ1) is 35.6. The highest BCUT2D eigenvalue weighted by molar-refractivity contribution is 6.74. The second-order valence-electron chi connectivity index (χ2n) is 13.6. The summed E-state index contributed by atoms with van der Waals surface area (Å²) in [5, 5.41) is 11.2. The first-order chi connectivity index (χ1) is 19.4. The van der Waals surface area contributed by atoms with Crippen LogP contribution in [0.5, 0.6) is 5.75 Å². The zero-order chi connectivity index (χ0) is 30.2. The van der Waals surface area contributed by atoms with Crippen LogP contribution in [0.4, 0.5) is 0 Å². The van der Waals surface area contributed by atoms with Crippen LogP contribution < -0.4 is 4.74 Å². The summed E-state index contributed by atoms with van der Waals surface area (Å²) in [5.41, 5.74) is -0.954. The lowest BCUT2D eigenvalue weighted by molar-refractivity contribution is -0.150. The van der Waals surface area contributed by atoms with Crippen molar-refractivity contribution in [3.05, 3.63) is 42.5 Å². The molecule has 1 aromatic carbocycles. The number of hydrogen-bond donors (Lipinski definition) is 1. The molecule has 0 heterocycles. The number of carbonyl (C=O) groups is 1. The second kappa shape index (κ2) is 18.1. The lowest BCUT2D eigenvalue weighted by atomic mass is 9.76. The largest absolute Gasteiger partial charge is 0.494 e. The zero-order valence-electron chi connectivity index (χ0n) is 27.1. The topological polar surface area (TPSA) is 65.0 Å². The average Bonchev–Trinajstić information content (AvgIpc) is 2.90. The first-order valence-corrected chi connectivity index (χ1v) is 19.3. The van der Waals surface area contributed by atoms with Gasteiger partial charge in [-0.3, -0.25) is 4.79 Å². The standard InChI is InChI=1S/C35H60O5Si/c1-7-38-33(36)29-35(37)26-19-20-30(28-35)24-25-32(40-41(5,6)34(2,3)4)23-15-12-10-8-9-11-13-18-27-39-31-21-16-14-17-22-31/h14,16-17,21-22,24-25,30,32,37H,7-13,15,18-20,23,26-29H2,1-6H3/b25-24+. The van der Waals surface area contributed by atoms with E-state index in [1.165, 1.54) is 44.9 Å². The van der Waals surface area contributed by atoms with Gasteiger partial charge in [-0.2, -0.15) is 0 Å². The molecule has 1 aliphatic carbocycles. The van der Waals surface area contributed by atoms with Crippen molar-refractivity contribution < 1.29 is 23.8 Å². The van der Waals surface area contributed by atoms with Gasteiger partial charge in [0.15, 0.2) is 8.32 Å². The fraction of sp³-hybridized carbons (Fsp3) is 0.743. The molecule has 1 aromatic rings.